The maximum Gasteiger partial charge on any atom is 0.410 e. The molecule has 7 heteroatoms. The molecule has 1 aliphatic carbocycles. The van der Waals surface area contributed by atoms with Crippen LogP contribution in [-0.4, -0.2) is 56.4 Å². The fraction of sp³-hybridized carbons (Fsp3) is 0.591. The van der Waals surface area contributed by atoms with E-state index < -0.39 is 0 Å². The van der Waals surface area contributed by atoms with Crippen molar-refractivity contribution >= 4 is 6.09 Å². The van der Waals surface area contributed by atoms with Gasteiger partial charge >= 0.3 is 6.09 Å². The highest BCUT2D eigenvalue weighted by Crippen LogP contribution is 2.30. The number of ether oxygens (including phenoxy) is 1. The van der Waals surface area contributed by atoms with E-state index in [0.29, 0.717) is 43.6 Å². The zero-order valence-corrected chi connectivity index (χ0v) is 17.8. The summed E-state index contributed by atoms with van der Waals surface area (Å²) in [4.78, 5) is 13.7. The average Bonchev–Trinajstić information content (AvgIpc) is 2.93. The molecule has 2 N–H and O–H groups in total. The Morgan fingerprint density at radius 2 is 2.21 bits per heavy atom. The van der Waals surface area contributed by atoms with Gasteiger partial charge in [0.05, 0.1) is 12.6 Å². The second-order valence-corrected chi connectivity index (χ2v) is 7.53. The number of hydrogen-bond donors (Lipinski definition) is 2. The lowest BCUT2D eigenvalue weighted by molar-refractivity contribution is 0.131. The number of allylic oxidation sites excluding steroid dienone is 6. The monoisotopic (exact) mass is 409 g/mol. The number of nitrogens with one attached hydrogen (secondary N) is 2. The van der Waals surface area contributed by atoms with Crippen molar-refractivity contribution in [3.63, 3.8) is 0 Å². The Morgan fingerprint density at radius 3 is 2.86 bits per heavy atom. The molecule has 1 saturated heterocycles. The standard InChI is InChI=1S/C22H33F2N3O2/c1-5-26-12-18-8-6-7-17(11-21(18)24)20(16(3)23)10-9-15(2)27-14-19(13-25-4)29-22(27)28/h7,9-11,15,18-19,25-26H,5-6,8,12-14H2,1-4H3/b10-9-,20-16-. The van der Waals surface area contributed by atoms with Crippen molar-refractivity contribution in [2.75, 3.05) is 33.2 Å². The van der Waals surface area contributed by atoms with Crippen molar-refractivity contribution in [3.05, 3.63) is 47.1 Å². The third kappa shape index (κ3) is 6.51. The minimum Gasteiger partial charge on any atom is -0.443 e. The lowest BCUT2D eigenvalue weighted by Gasteiger charge is -2.19. The van der Waals surface area contributed by atoms with Gasteiger partial charge in [-0.1, -0.05) is 25.2 Å². The van der Waals surface area contributed by atoms with E-state index >= 15 is 0 Å². The number of nitrogens with zero attached hydrogens (tertiary/aromatic N) is 1. The second kappa shape index (κ2) is 11.3. The fourth-order valence-electron chi connectivity index (χ4n) is 3.57. The molecule has 1 fully saturated rings. The summed E-state index contributed by atoms with van der Waals surface area (Å²) in [5.41, 5.74) is 0.887. The molecule has 0 aromatic rings. The Hall–Kier alpha value is -1.99. The molecule has 3 atom stereocenters. The van der Waals surface area contributed by atoms with E-state index in [-0.39, 0.29) is 35.8 Å². The molecule has 0 bridgehead atoms. The van der Waals surface area contributed by atoms with Crippen molar-refractivity contribution < 1.29 is 18.3 Å². The van der Waals surface area contributed by atoms with Crippen LogP contribution in [0, 0.1) is 5.92 Å². The summed E-state index contributed by atoms with van der Waals surface area (Å²) in [6.45, 7) is 7.62. The zero-order valence-electron chi connectivity index (χ0n) is 17.8. The van der Waals surface area contributed by atoms with Crippen LogP contribution in [0.5, 0.6) is 0 Å². The Kier molecular flexibility index (Phi) is 9.04. The first-order valence-electron chi connectivity index (χ1n) is 10.3. The number of likely N-dealkylation sites (N-methyl/N-ethyl adjacent to an activating group) is 1. The number of halogens is 2. The quantitative estimate of drug-likeness (QED) is 0.565. The summed E-state index contributed by atoms with van der Waals surface area (Å²) in [5, 5.41) is 6.16. The SMILES string of the molecule is CCNCC1CCC=C(C(/C=C\C(C)N2CC(CNC)OC2=O)=C(/C)F)C=C1F. The topological polar surface area (TPSA) is 53.6 Å². The van der Waals surface area contributed by atoms with Crippen molar-refractivity contribution in [2.24, 2.45) is 5.92 Å². The smallest absolute Gasteiger partial charge is 0.410 e. The number of amides is 1. The first kappa shape index (κ1) is 23.3. The van der Waals surface area contributed by atoms with Gasteiger partial charge in [-0.25, -0.2) is 13.6 Å². The normalized spacial score (nSPS) is 24.8. The highest BCUT2D eigenvalue weighted by Gasteiger charge is 2.33. The predicted molar refractivity (Wildman–Crippen MR) is 112 cm³/mol. The van der Waals surface area contributed by atoms with E-state index in [2.05, 4.69) is 10.6 Å². The van der Waals surface area contributed by atoms with E-state index in [0.717, 1.165) is 6.54 Å². The molecule has 1 aliphatic heterocycles. The van der Waals surface area contributed by atoms with Gasteiger partial charge in [0.1, 0.15) is 17.8 Å². The Bertz CT molecular complexity index is 696. The van der Waals surface area contributed by atoms with Gasteiger partial charge in [-0.15, -0.1) is 0 Å². The molecule has 5 nitrogen and oxygen atoms in total. The van der Waals surface area contributed by atoms with E-state index in [4.69, 9.17) is 4.74 Å². The van der Waals surface area contributed by atoms with Crippen LogP contribution in [0.25, 0.3) is 0 Å². The molecule has 1 amide bonds. The predicted octanol–water partition coefficient (Wildman–Crippen LogP) is 4.01. The zero-order chi connectivity index (χ0) is 21.4. The Labute approximate surface area is 172 Å². The molecule has 2 aliphatic rings. The summed E-state index contributed by atoms with van der Waals surface area (Å²) in [7, 11) is 1.80. The third-order valence-corrected chi connectivity index (χ3v) is 5.25. The summed E-state index contributed by atoms with van der Waals surface area (Å²) < 4.78 is 34.2. The molecule has 0 aromatic heterocycles. The van der Waals surface area contributed by atoms with Gasteiger partial charge in [0, 0.05) is 24.6 Å². The molecule has 2 rings (SSSR count). The summed E-state index contributed by atoms with van der Waals surface area (Å²) in [5.74, 6) is -0.810. The van der Waals surface area contributed by atoms with Crippen LogP contribution in [0.1, 0.15) is 33.6 Å². The molecule has 3 unspecified atom stereocenters. The average molecular weight is 410 g/mol. The summed E-state index contributed by atoms with van der Waals surface area (Å²) in [6, 6.07) is -0.264. The molecule has 0 radical (unpaired) electrons. The molecule has 162 valence electrons. The van der Waals surface area contributed by atoms with Gasteiger partial charge in [-0.2, -0.15) is 0 Å². The molecule has 0 spiro atoms. The molecular formula is C22H33F2N3O2. The second-order valence-electron chi connectivity index (χ2n) is 7.53. The van der Waals surface area contributed by atoms with Crippen LogP contribution in [0.3, 0.4) is 0 Å². The lowest BCUT2D eigenvalue weighted by Crippen LogP contribution is -2.34. The first-order chi connectivity index (χ1) is 13.9. The van der Waals surface area contributed by atoms with Gasteiger partial charge in [0.2, 0.25) is 0 Å². The van der Waals surface area contributed by atoms with E-state index in [1.54, 1.807) is 24.1 Å². The van der Waals surface area contributed by atoms with Crippen LogP contribution < -0.4 is 10.6 Å². The minimum absolute atomic E-state index is 0.198. The lowest BCUT2D eigenvalue weighted by atomic mass is 10.0. The van der Waals surface area contributed by atoms with Crippen molar-refractivity contribution in [1.29, 1.82) is 0 Å². The Morgan fingerprint density at radius 1 is 1.45 bits per heavy atom. The van der Waals surface area contributed by atoms with Gasteiger partial charge in [0.25, 0.3) is 0 Å². The first-order valence-corrected chi connectivity index (χ1v) is 10.3. The van der Waals surface area contributed by atoms with Crippen molar-refractivity contribution in [2.45, 2.75) is 45.8 Å². The van der Waals surface area contributed by atoms with Gasteiger partial charge < -0.3 is 15.4 Å². The molecule has 0 aromatic carbocycles. The largest absolute Gasteiger partial charge is 0.443 e. The van der Waals surface area contributed by atoms with E-state index in [1.165, 1.54) is 13.0 Å². The van der Waals surface area contributed by atoms with E-state index in [1.807, 2.05) is 19.9 Å². The Balaban J connectivity index is 2.12. The third-order valence-electron chi connectivity index (χ3n) is 5.25. The number of rotatable bonds is 9. The number of carbonyl (C=O) groups excluding carboxylic acids is 1. The van der Waals surface area contributed by atoms with Crippen molar-refractivity contribution in [3.8, 4) is 0 Å². The maximum absolute atomic E-state index is 14.7. The van der Waals surface area contributed by atoms with Crippen LogP contribution >= 0.6 is 0 Å². The molecular weight excluding hydrogens is 376 g/mol. The summed E-state index contributed by atoms with van der Waals surface area (Å²) in [6.07, 6.45) is 7.51. The number of cyclic esters (lactones) is 1. The van der Waals surface area contributed by atoms with Crippen LogP contribution in [0.15, 0.2) is 47.1 Å². The minimum atomic E-state index is -0.383. The summed E-state index contributed by atoms with van der Waals surface area (Å²) >= 11 is 0. The number of carbonyl (C=O) groups is 1. The van der Waals surface area contributed by atoms with Crippen LogP contribution in [-0.2, 0) is 4.74 Å². The van der Waals surface area contributed by atoms with Crippen LogP contribution in [0.2, 0.25) is 0 Å². The van der Waals surface area contributed by atoms with Crippen LogP contribution in [0.4, 0.5) is 13.6 Å². The highest BCUT2D eigenvalue weighted by molar-refractivity contribution is 5.70. The molecule has 1 heterocycles. The van der Waals surface area contributed by atoms with Gasteiger partial charge in [-0.3, -0.25) is 4.90 Å². The van der Waals surface area contributed by atoms with E-state index in [9.17, 15) is 13.6 Å². The molecule has 29 heavy (non-hydrogen) atoms. The highest BCUT2D eigenvalue weighted by atomic mass is 19.1. The maximum atomic E-state index is 14.7. The van der Waals surface area contributed by atoms with Crippen molar-refractivity contribution in [1.82, 2.24) is 15.5 Å². The fourth-order valence-corrected chi connectivity index (χ4v) is 3.57. The molecule has 0 saturated carbocycles. The number of hydrogen-bond acceptors (Lipinski definition) is 4. The van der Waals surface area contributed by atoms with Gasteiger partial charge in [-0.05, 0) is 51.9 Å². The van der Waals surface area contributed by atoms with Gasteiger partial charge in [0.15, 0.2) is 0 Å².